The van der Waals surface area contributed by atoms with E-state index < -0.39 is 17.9 Å². The molecule has 1 atom stereocenters. The van der Waals surface area contributed by atoms with E-state index in [1.54, 1.807) is 30.3 Å². The molecule has 3 aromatic rings. The van der Waals surface area contributed by atoms with Crippen molar-refractivity contribution in [3.05, 3.63) is 89.5 Å². The van der Waals surface area contributed by atoms with Crippen LogP contribution in [0.3, 0.4) is 0 Å². The molecule has 0 saturated carbocycles. The number of rotatable bonds is 11. The fourth-order valence-corrected chi connectivity index (χ4v) is 3.88. The highest BCUT2D eigenvalue weighted by Gasteiger charge is 2.32. The third kappa shape index (κ3) is 8.56. The zero-order valence-corrected chi connectivity index (χ0v) is 19.8. The van der Waals surface area contributed by atoms with Crippen LogP contribution in [0, 0.1) is 5.82 Å². The summed E-state index contributed by atoms with van der Waals surface area (Å²) in [6.45, 7) is 2.11. The number of ether oxygens (including phenoxy) is 1. The van der Waals surface area contributed by atoms with Gasteiger partial charge in [-0.3, -0.25) is 4.79 Å². The lowest BCUT2D eigenvalue weighted by atomic mass is 10.1. The molecule has 0 bridgehead atoms. The average Bonchev–Trinajstić information content (AvgIpc) is 2.85. The first kappa shape index (κ1) is 26.5. The highest BCUT2D eigenvalue weighted by Crippen LogP contribution is 2.27. The number of hydrogen-bond donors (Lipinski definition) is 2. The lowest BCUT2D eigenvalue weighted by molar-refractivity contribution is -0.141. The van der Waals surface area contributed by atoms with Crippen LogP contribution in [0.4, 0.5) is 17.6 Å². The van der Waals surface area contributed by atoms with E-state index in [4.69, 9.17) is 4.74 Å². The Morgan fingerprint density at radius 3 is 2.54 bits per heavy atom. The SMILES string of the molecule is CCCC(NSc1ccc(F)cc1)C(=O)NCc1cccc(OCc2cccc(C(F)(F)F)n2)c1. The van der Waals surface area contributed by atoms with Crippen molar-refractivity contribution in [3.63, 3.8) is 0 Å². The Balaban J connectivity index is 1.53. The zero-order valence-electron chi connectivity index (χ0n) is 18.9. The molecule has 0 aliphatic carbocycles. The number of alkyl halides is 3. The van der Waals surface area contributed by atoms with Gasteiger partial charge in [-0.25, -0.2) is 14.1 Å². The van der Waals surface area contributed by atoms with Crippen LogP contribution in [0.2, 0.25) is 0 Å². The number of carbonyl (C=O) groups is 1. The summed E-state index contributed by atoms with van der Waals surface area (Å²) in [7, 11) is 0. The normalized spacial score (nSPS) is 12.3. The third-order valence-corrected chi connectivity index (χ3v) is 5.79. The van der Waals surface area contributed by atoms with Gasteiger partial charge >= 0.3 is 6.18 Å². The van der Waals surface area contributed by atoms with E-state index >= 15 is 0 Å². The summed E-state index contributed by atoms with van der Waals surface area (Å²) in [5.74, 6) is -0.0542. The summed E-state index contributed by atoms with van der Waals surface area (Å²) in [5.41, 5.74) is -0.0390. The number of carbonyl (C=O) groups excluding carboxylic acids is 1. The van der Waals surface area contributed by atoms with Crippen molar-refractivity contribution in [2.75, 3.05) is 0 Å². The Bertz CT molecular complexity index is 1110. The van der Waals surface area contributed by atoms with Crippen LogP contribution in [0.15, 0.2) is 71.6 Å². The lowest BCUT2D eigenvalue weighted by Gasteiger charge is -2.17. The molecular weight excluding hydrogens is 482 g/mol. The van der Waals surface area contributed by atoms with Gasteiger partial charge in [-0.05, 0) is 72.5 Å². The molecule has 0 fully saturated rings. The van der Waals surface area contributed by atoms with E-state index in [-0.39, 0.29) is 30.6 Å². The predicted octanol–water partition coefficient (Wildman–Crippen LogP) is 5.90. The predicted molar refractivity (Wildman–Crippen MR) is 126 cm³/mol. The van der Waals surface area contributed by atoms with Gasteiger partial charge in [0.2, 0.25) is 5.91 Å². The summed E-state index contributed by atoms with van der Waals surface area (Å²) >= 11 is 1.26. The van der Waals surface area contributed by atoms with Crippen molar-refractivity contribution in [2.24, 2.45) is 0 Å². The van der Waals surface area contributed by atoms with E-state index in [9.17, 15) is 22.4 Å². The fraction of sp³-hybridized carbons (Fsp3) is 0.280. The molecule has 5 nitrogen and oxygen atoms in total. The molecule has 0 radical (unpaired) electrons. The van der Waals surface area contributed by atoms with Gasteiger partial charge in [0.15, 0.2) is 0 Å². The van der Waals surface area contributed by atoms with Crippen molar-refractivity contribution in [3.8, 4) is 5.75 Å². The van der Waals surface area contributed by atoms with Gasteiger partial charge in [-0.1, -0.05) is 31.5 Å². The third-order valence-electron chi connectivity index (χ3n) is 4.88. The van der Waals surface area contributed by atoms with Crippen LogP contribution in [-0.2, 0) is 24.1 Å². The number of amides is 1. The number of aromatic nitrogens is 1. The summed E-state index contributed by atoms with van der Waals surface area (Å²) in [5, 5.41) is 2.89. The summed E-state index contributed by atoms with van der Waals surface area (Å²) in [4.78, 5) is 17.1. The molecule has 10 heteroatoms. The van der Waals surface area contributed by atoms with Crippen LogP contribution >= 0.6 is 11.9 Å². The van der Waals surface area contributed by atoms with Gasteiger partial charge in [-0.15, -0.1) is 0 Å². The standard InChI is InChI=1S/C25H25F4N3O2S/c1-2-5-22(32-35-21-12-10-18(26)11-13-21)24(33)30-15-17-6-3-8-20(14-17)34-16-19-7-4-9-23(31-19)25(27,28)29/h3-4,6-14,22,32H,2,5,15-16H2,1H3,(H,30,33). The first-order valence-electron chi connectivity index (χ1n) is 10.9. The van der Waals surface area contributed by atoms with E-state index in [1.807, 2.05) is 13.0 Å². The molecule has 0 aliphatic heterocycles. The summed E-state index contributed by atoms with van der Waals surface area (Å²) < 4.78 is 60.3. The quantitative estimate of drug-likeness (QED) is 0.250. The number of nitrogens with one attached hydrogen (secondary N) is 2. The van der Waals surface area contributed by atoms with E-state index in [2.05, 4.69) is 15.0 Å². The second kappa shape index (κ2) is 12.6. The van der Waals surface area contributed by atoms with Crippen LogP contribution in [-0.4, -0.2) is 16.9 Å². The van der Waals surface area contributed by atoms with E-state index in [0.29, 0.717) is 12.2 Å². The Hall–Kier alpha value is -3.11. The molecule has 1 unspecified atom stereocenters. The topological polar surface area (TPSA) is 63.2 Å². The smallest absolute Gasteiger partial charge is 0.433 e. The molecule has 1 heterocycles. The van der Waals surface area contributed by atoms with E-state index in [0.717, 1.165) is 22.9 Å². The number of halogens is 4. The van der Waals surface area contributed by atoms with Gasteiger partial charge in [0.25, 0.3) is 0 Å². The van der Waals surface area contributed by atoms with Crippen LogP contribution in [0.1, 0.15) is 36.7 Å². The lowest BCUT2D eigenvalue weighted by Crippen LogP contribution is -2.41. The molecule has 2 aromatic carbocycles. The minimum Gasteiger partial charge on any atom is -0.487 e. The van der Waals surface area contributed by atoms with Crippen molar-refractivity contribution in [1.82, 2.24) is 15.0 Å². The fourth-order valence-electron chi connectivity index (χ4n) is 3.11. The first-order chi connectivity index (χ1) is 16.7. The molecule has 1 amide bonds. The van der Waals surface area contributed by atoms with Crippen molar-refractivity contribution >= 4 is 17.9 Å². The van der Waals surface area contributed by atoms with E-state index in [1.165, 1.54) is 36.2 Å². The number of hydrogen-bond acceptors (Lipinski definition) is 5. The molecule has 0 spiro atoms. The van der Waals surface area contributed by atoms with Gasteiger partial charge in [-0.2, -0.15) is 13.2 Å². The summed E-state index contributed by atoms with van der Waals surface area (Å²) in [6, 6.07) is 16.1. The maximum absolute atomic E-state index is 13.1. The van der Waals surface area contributed by atoms with Crippen molar-refractivity contribution in [1.29, 1.82) is 0 Å². The molecule has 186 valence electrons. The molecular formula is C25H25F4N3O2S. The monoisotopic (exact) mass is 507 g/mol. The highest BCUT2D eigenvalue weighted by atomic mass is 32.2. The van der Waals surface area contributed by atoms with Crippen LogP contribution < -0.4 is 14.8 Å². The average molecular weight is 508 g/mol. The molecule has 0 aliphatic rings. The molecule has 0 saturated heterocycles. The first-order valence-corrected chi connectivity index (χ1v) is 11.8. The van der Waals surface area contributed by atoms with Crippen LogP contribution in [0.5, 0.6) is 5.75 Å². The summed E-state index contributed by atoms with van der Waals surface area (Å²) in [6.07, 6.45) is -3.11. The second-order valence-electron chi connectivity index (χ2n) is 7.68. The maximum atomic E-state index is 13.1. The number of pyridine rings is 1. The Kier molecular flexibility index (Phi) is 9.50. The number of nitrogens with zero attached hydrogens (tertiary/aromatic N) is 1. The Morgan fingerprint density at radius 2 is 1.83 bits per heavy atom. The minimum absolute atomic E-state index is 0.122. The Morgan fingerprint density at radius 1 is 1.09 bits per heavy atom. The second-order valence-corrected chi connectivity index (χ2v) is 8.59. The van der Waals surface area contributed by atoms with Gasteiger partial charge in [0, 0.05) is 11.4 Å². The molecule has 35 heavy (non-hydrogen) atoms. The van der Waals surface area contributed by atoms with Crippen molar-refractivity contribution < 1.29 is 27.1 Å². The molecule has 1 aromatic heterocycles. The maximum Gasteiger partial charge on any atom is 0.433 e. The zero-order chi connectivity index (χ0) is 25.3. The van der Waals surface area contributed by atoms with Crippen LogP contribution in [0.25, 0.3) is 0 Å². The largest absolute Gasteiger partial charge is 0.487 e. The number of benzene rings is 2. The Labute approximate surface area is 205 Å². The van der Waals surface area contributed by atoms with Gasteiger partial charge in [0.05, 0.1) is 11.7 Å². The van der Waals surface area contributed by atoms with Crippen molar-refractivity contribution in [2.45, 2.75) is 50.0 Å². The highest BCUT2D eigenvalue weighted by molar-refractivity contribution is 7.97. The van der Waals surface area contributed by atoms with Gasteiger partial charge < -0.3 is 10.1 Å². The molecule has 2 N–H and O–H groups in total. The minimum atomic E-state index is -4.52. The molecule has 3 rings (SSSR count). The van der Waals surface area contributed by atoms with Gasteiger partial charge in [0.1, 0.15) is 23.9 Å².